The standard InChI is InChI=1S/C17H23N3O3S/c1-13(10-20-6-8-22-9-7-20)18-16(21)11-23-12-17-19-14-4-2-3-5-15(14)24-17/h2-5,13H,6-12H2,1H3,(H,18,21). The average molecular weight is 349 g/mol. The van der Waals surface area contributed by atoms with Gasteiger partial charge in [-0.3, -0.25) is 9.69 Å². The molecule has 7 heteroatoms. The molecule has 0 spiro atoms. The molecule has 2 heterocycles. The number of fused-ring (bicyclic) bond motifs is 1. The van der Waals surface area contributed by atoms with E-state index < -0.39 is 0 Å². The summed E-state index contributed by atoms with van der Waals surface area (Å²) in [5.41, 5.74) is 0.977. The van der Waals surface area contributed by atoms with E-state index in [9.17, 15) is 4.79 Å². The van der Waals surface area contributed by atoms with Crippen LogP contribution in [-0.4, -0.2) is 61.3 Å². The molecular formula is C17H23N3O3S. The molecule has 0 saturated carbocycles. The maximum absolute atomic E-state index is 12.0. The Kier molecular flexibility index (Phi) is 6.14. The number of nitrogens with zero attached hydrogens (tertiary/aromatic N) is 2. The van der Waals surface area contributed by atoms with Crippen molar-refractivity contribution in [2.75, 3.05) is 39.5 Å². The highest BCUT2D eigenvalue weighted by Crippen LogP contribution is 2.21. The van der Waals surface area contributed by atoms with Crippen LogP contribution < -0.4 is 5.32 Å². The Labute approximate surface area is 145 Å². The van der Waals surface area contributed by atoms with Gasteiger partial charge in [0.05, 0.1) is 30.0 Å². The fourth-order valence-electron chi connectivity index (χ4n) is 2.75. The number of carbonyl (C=O) groups excluding carboxylic acids is 1. The number of morpholine rings is 1. The molecule has 1 aliphatic heterocycles. The van der Waals surface area contributed by atoms with Gasteiger partial charge in [-0.15, -0.1) is 11.3 Å². The molecule has 1 fully saturated rings. The predicted octanol–water partition coefficient (Wildman–Crippen LogP) is 1.65. The van der Waals surface area contributed by atoms with Gasteiger partial charge in [0.1, 0.15) is 11.6 Å². The van der Waals surface area contributed by atoms with Crippen LogP contribution in [0.3, 0.4) is 0 Å². The molecule has 0 aliphatic carbocycles. The molecule has 1 aliphatic rings. The van der Waals surface area contributed by atoms with Gasteiger partial charge in [-0.05, 0) is 19.1 Å². The number of amides is 1. The average Bonchev–Trinajstić information content (AvgIpc) is 2.98. The highest BCUT2D eigenvalue weighted by atomic mass is 32.1. The van der Waals surface area contributed by atoms with Crippen LogP contribution in [0.2, 0.25) is 0 Å². The summed E-state index contributed by atoms with van der Waals surface area (Å²) in [5, 5.41) is 3.87. The smallest absolute Gasteiger partial charge is 0.246 e. The first-order valence-electron chi connectivity index (χ1n) is 8.22. The van der Waals surface area contributed by atoms with E-state index in [4.69, 9.17) is 9.47 Å². The van der Waals surface area contributed by atoms with Crippen LogP contribution in [0.4, 0.5) is 0 Å². The van der Waals surface area contributed by atoms with Gasteiger partial charge >= 0.3 is 0 Å². The molecule has 0 radical (unpaired) electrons. The minimum atomic E-state index is -0.0862. The second-order valence-electron chi connectivity index (χ2n) is 5.95. The maximum Gasteiger partial charge on any atom is 0.246 e. The number of aromatic nitrogens is 1. The van der Waals surface area contributed by atoms with E-state index in [2.05, 4.69) is 15.2 Å². The van der Waals surface area contributed by atoms with Gasteiger partial charge in [0.15, 0.2) is 0 Å². The number of hydrogen-bond acceptors (Lipinski definition) is 6. The quantitative estimate of drug-likeness (QED) is 0.823. The van der Waals surface area contributed by atoms with Crippen LogP contribution in [0.15, 0.2) is 24.3 Å². The Hall–Kier alpha value is -1.54. The molecule has 1 amide bonds. The summed E-state index contributed by atoms with van der Waals surface area (Å²) < 4.78 is 12.0. The SMILES string of the molecule is CC(CN1CCOCC1)NC(=O)COCc1nc2ccccc2s1. The van der Waals surface area contributed by atoms with E-state index in [1.165, 1.54) is 0 Å². The zero-order valence-electron chi connectivity index (χ0n) is 13.9. The largest absolute Gasteiger partial charge is 0.379 e. The second-order valence-corrected chi connectivity index (χ2v) is 7.06. The molecule has 1 unspecified atom stereocenters. The number of thiazole rings is 1. The predicted molar refractivity (Wildman–Crippen MR) is 94.1 cm³/mol. The molecule has 130 valence electrons. The Balaban J connectivity index is 1.37. The van der Waals surface area contributed by atoms with Crippen LogP contribution in [0, 0.1) is 0 Å². The zero-order valence-corrected chi connectivity index (χ0v) is 14.7. The Bertz CT molecular complexity index is 637. The molecule has 1 aromatic carbocycles. The first-order valence-corrected chi connectivity index (χ1v) is 9.04. The van der Waals surface area contributed by atoms with E-state index in [1.54, 1.807) is 11.3 Å². The molecule has 24 heavy (non-hydrogen) atoms. The number of ether oxygens (including phenoxy) is 2. The summed E-state index contributed by atoms with van der Waals surface area (Å²) in [4.78, 5) is 18.8. The normalized spacial score (nSPS) is 17.0. The van der Waals surface area contributed by atoms with Gasteiger partial charge in [0.2, 0.25) is 5.91 Å². The first-order chi connectivity index (χ1) is 11.7. The fourth-order valence-corrected chi connectivity index (χ4v) is 3.65. The van der Waals surface area contributed by atoms with Crippen molar-refractivity contribution >= 4 is 27.5 Å². The molecule has 1 aromatic heterocycles. The zero-order chi connectivity index (χ0) is 16.8. The number of hydrogen-bond donors (Lipinski definition) is 1. The summed E-state index contributed by atoms with van der Waals surface area (Å²) in [5.74, 6) is -0.0862. The van der Waals surface area contributed by atoms with E-state index in [0.717, 1.165) is 48.1 Å². The van der Waals surface area contributed by atoms with Crippen LogP contribution in [0.5, 0.6) is 0 Å². The molecule has 2 aromatic rings. The molecule has 1 atom stereocenters. The van der Waals surface area contributed by atoms with Gasteiger partial charge in [-0.1, -0.05) is 12.1 Å². The maximum atomic E-state index is 12.0. The molecule has 1 saturated heterocycles. The second kappa shape index (κ2) is 8.53. The molecule has 3 rings (SSSR count). The lowest BCUT2D eigenvalue weighted by atomic mass is 10.3. The van der Waals surface area contributed by atoms with Crippen LogP contribution in [-0.2, 0) is 20.9 Å². The van der Waals surface area contributed by atoms with Gasteiger partial charge < -0.3 is 14.8 Å². The summed E-state index contributed by atoms with van der Waals surface area (Å²) in [6, 6.07) is 8.08. The topological polar surface area (TPSA) is 63.7 Å². The van der Waals surface area contributed by atoms with Crippen molar-refractivity contribution < 1.29 is 14.3 Å². The number of para-hydroxylation sites is 1. The van der Waals surface area contributed by atoms with E-state index in [0.29, 0.717) is 6.61 Å². The minimum absolute atomic E-state index is 0.0589. The molecule has 1 N–H and O–H groups in total. The number of nitrogens with one attached hydrogen (secondary N) is 1. The summed E-state index contributed by atoms with van der Waals surface area (Å²) in [7, 11) is 0. The highest BCUT2D eigenvalue weighted by Gasteiger charge is 2.15. The Morgan fingerprint density at radius 1 is 1.42 bits per heavy atom. The fraction of sp³-hybridized carbons (Fsp3) is 0.529. The number of rotatable bonds is 7. The molecular weight excluding hydrogens is 326 g/mol. The first kappa shape index (κ1) is 17.3. The molecule has 0 bridgehead atoms. The minimum Gasteiger partial charge on any atom is -0.379 e. The lowest BCUT2D eigenvalue weighted by molar-refractivity contribution is -0.126. The van der Waals surface area contributed by atoms with Crippen molar-refractivity contribution in [2.24, 2.45) is 0 Å². The Morgan fingerprint density at radius 3 is 3.00 bits per heavy atom. The number of carbonyl (C=O) groups is 1. The van der Waals surface area contributed by atoms with Gasteiger partial charge in [0, 0.05) is 25.7 Å². The van der Waals surface area contributed by atoms with Crippen molar-refractivity contribution in [3.8, 4) is 0 Å². The summed E-state index contributed by atoms with van der Waals surface area (Å²) in [6.45, 7) is 6.67. The lowest BCUT2D eigenvalue weighted by Crippen LogP contribution is -2.46. The lowest BCUT2D eigenvalue weighted by Gasteiger charge is -2.29. The van der Waals surface area contributed by atoms with Gasteiger partial charge in [0.25, 0.3) is 0 Å². The van der Waals surface area contributed by atoms with E-state index in [1.807, 2.05) is 31.2 Å². The monoisotopic (exact) mass is 349 g/mol. The third-order valence-corrected chi connectivity index (χ3v) is 4.85. The van der Waals surface area contributed by atoms with E-state index >= 15 is 0 Å². The molecule has 6 nitrogen and oxygen atoms in total. The van der Waals surface area contributed by atoms with Crippen molar-refractivity contribution in [1.82, 2.24) is 15.2 Å². The third-order valence-electron chi connectivity index (χ3n) is 3.84. The summed E-state index contributed by atoms with van der Waals surface area (Å²) in [6.07, 6.45) is 0. The number of benzene rings is 1. The van der Waals surface area contributed by atoms with Crippen LogP contribution in [0.25, 0.3) is 10.2 Å². The van der Waals surface area contributed by atoms with Crippen molar-refractivity contribution in [1.29, 1.82) is 0 Å². The third kappa shape index (κ3) is 4.98. The van der Waals surface area contributed by atoms with Crippen molar-refractivity contribution in [3.63, 3.8) is 0 Å². The van der Waals surface area contributed by atoms with Crippen molar-refractivity contribution in [3.05, 3.63) is 29.3 Å². The van der Waals surface area contributed by atoms with Crippen LogP contribution in [0.1, 0.15) is 11.9 Å². The van der Waals surface area contributed by atoms with E-state index in [-0.39, 0.29) is 18.6 Å². The van der Waals surface area contributed by atoms with Gasteiger partial charge in [-0.2, -0.15) is 0 Å². The summed E-state index contributed by atoms with van der Waals surface area (Å²) >= 11 is 1.60. The van der Waals surface area contributed by atoms with Crippen LogP contribution >= 0.6 is 11.3 Å². The highest BCUT2D eigenvalue weighted by molar-refractivity contribution is 7.18. The Morgan fingerprint density at radius 2 is 2.21 bits per heavy atom. The van der Waals surface area contributed by atoms with Gasteiger partial charge in [-0.25, -0.2) is 4.98 Å². The van der Waals surface area contributed by atoms with Crippen molar-refractivity contribution in [2.45, 2.75) is 19.6 Å².